The van der Waals surface area contributed by atoms with Gasteiger partial charge in [-0.2, -0.15) is 0 Å². The van der Waals surface area contributed by atoms with Crippen molar-refractivity contribution in [2.45, 2.75) is 95.7 Å². The van der Waals surface area contributed by atoms with Crippen LogP contribution >= 0.6 is 0 Å². The fraction of sp³-hybridized carbons (Fsp3) is 0.600. The first-order valence-corrected chi connectivity index (χ1v) is 16.1. The van der Waals surface area contributed by atoms with Crippen LogP contribution in [-0.4, -0.2) is 88.2 Å². The number of nitrogens with zero attached hydrogens (tertiary/aromatic N) is 2. The Morgan fingerprint density at radius 3 is 2.49 bits per heavy atom. The monoisotopic (exact) mass is 623 g/mol. The van der Waals surface area contributed by atoms with E-state index in [0.717, 1.165) is 5.56 Å². The quantitative estimate of drug-likeness (QED) is 0.213. The predicted octanol–water partition coefficient (Wildman–Crippen LogP) is 3.56. The average Bonchev–Trinajstić information content (AvgIpc) is 3.66. The number of esters is 1. The van der Waals surface area contributed by atoms with Gasteiger partial charge in [0.2, 0.25) is 17.7 Å². The van der Waals surface area contributed by atoms with Crippen LogP contribution in [-0.2, 0) is 28.7 Å². The van der Waals surface area contributed by atoms with Crippen LogP contribution in [0, 0.1) is 17.8 Å². The summed E-state index contributed by atoms with van der Waals surface area (Å²) in [6.45, 7) is 15.2. The Kier molecular flexibility index (Phi) is 11.3. The van der Waals surface area contributed by atoms with Gasteiger partial charge in [-0.25, -0.2) is 0 Å². The summed E-state index contributed by atoms with van der Waals surface area (Å²) in [5.41, 5.74) is -0.443. The molecular formula is C35H49N3O7. The number of rotatable bonds is 16. The van der Waals surface area contributed by atoms with E-state index < -0.39 is 47.6 Å². The van der Waals surface area contributed by atoms with E-state index in [2.05, 4.69) is 18.5 Å². The summed E-state index contributed by atoms with van der Waals surface area (Å²) < 4.78 is 12.1. The molecule has 4 rings (SSSR count). The number of amides is 3. The largest absolute Gasteiger partial charge is 0.463 e. The Morgan fingerprint density at radius 1 is 1.18 bits per heavy atom. The molecule has 3 aliphatic rings. The van der Waals surface area contributed by atoms with Crippen LogP contribution in [0.5, 0.6) is 0 Å². The SMILES string of the molecule is C=CCCC(=O)OC[C@H](NC(=O)[C@@H]1[C@@H]2CC[C@]3(O2)[C@H](C(=O)N(CC=C)C(C)C)N([C@@H](CO)CC(C)C)C(=O)[C@@H]13)c1ccccc1. The highest BCUT2D eigenvalue weighted by Crippen LogP contribution is 2.59. The van der Waals surface area contributed by atoms with E-state index in [1.807, 2.05) is 58.0 Å². The first-order valence-electron chi connectivity index (χ1n) is 16.1. The highest BCUT2D eigenvalue weighted by Gasteiger charge is 2.75. The van der Waals surface area contributed by atoms with Gasteiger partial charge in [0, 0.05) is 19.0 Å². The van der Waals surface area contributed by atoms with Gasteiger partial charge >= 0.3 is 5.97 Å². The van der Waals surface area contributed by atoms with Crippen molar-refractivity contribution in [3.8, 4) is 0 Å². The molecule has 3 heterocycles. The third-order valence-corrected chi connectivity index (χ3v) is 9.34. The fourth-order valence-electron chi connectivity index (χ4n) is 7.38. The average molecular weight is 624 g/mol. The lowest BCUT2D eigenvalue weighted by Gasteiger charge is -2.40. The molecule has 3 amide bonds. The number of aliphatic hydroxyl groups is 1. The zero-order chi connectivity index (χ0) is 32.9. The van der Waals surface area contributed by atoms with E-state index in [0.29, 0.717) is 32.2 Å². The number of fused-ring (bicyclic) bond motifs is 1. The van der Waals surface area contributed by atoms with Crippen LogP contribution in [0.2, 0.25) is 0 Å². The lowest BCUT2D eigenvalue weighted by atomic mass is 9.70. The molecule has 2 bridgehead atoms. The molecule has 3 fully saturated rings. The first-order chi connectivity index (χ1) is 21.5. The number of aliphatic hydroxyl groups excluding tert-OH is 1. The minimum absolute atomic E-state index is 0.0765. The van der Waals surface area contributed by atoms with Gasteiger partial charge in [0.05, 0.1) is 36.6 Å². The van der Waals surface area contributed by atoms with Gasteiger partial charge in [0.1, 0.15) is 18.2 Å². The van der Waals surface area contributed by atoms with Crippen LogP contribution < -0.4 is 5.32 Å². The highest BCUT2D eigenvalue weighted by molar-refractivity contribution is 5.99. The molecule has 0 saturated carbocycles. The number of carbonyl (C=O) groups is 4. The maximum Gasteiger partial charge on any atom is 0.306 e. The molecule has 0 aliphatic carbocycles. The molecule has 3 aliphatic heterocycles. The van der Waals surface area contributed by atoms with E-state index in [4.69, 9.17) is 9.47 Å². The van der Waals surface area contributed by atoms with Gasteiger partial charge in [-0.1, -0.05) is 56.3 Å². The summed E-state index contributed by atoms with van der Waals surface area (Å²) in [7, 11) is 0. The summed E-state index contributed by atoms with van der Waals surface area (Å²) >= 11 is 0. The highest BCUT2D eigenvalue weighted by atomic mass is 16.5. The van der Waals surface area contributed by atoms with Crippen molar-refractivity contribution in [3.05, 3.63) is 61.2 Å². The van der Waals surface area contributed by atoms with Crippen LogP contribution in [0.3, 0.4) is 0 Å². The molecule has 45 heavy (non-hydrogen) atoms. The van der Waals surface area contributed by atoms with E-state index in [-0.39, 0.29) is 49.3 Å². The van der Waals surface area contributed by atoms with Gasteiger partial charge in [-0.3, -0.25) is 19.2 Å². The molecular weight excluding hydrogens is 574 g/mol. The number of carbonyl (C=O) groups excluding carboxylic acids is 4. The molecule has 7 atom stereocenters. The van der Waals surface area contributed by atoms with Crippen molar-refractivity contribution < 1.29 is 33.8 Å². The summed E-state index contributed by atoms with van der Waals surface area (Å²) in [5.74, 6) is -2.99. The molecule has 1 aromatic rings. The molecule has 3 saturated heterocycles. The zero-order valence-corrected chi connectivity index (χ0v) is 27.0. The molecule has 0 radical (unpaired) electrons. The molecule has 1 aromatic carbocycles. The Morgan fingerprint density at radius 2 is 1.89 bits per heavy atom. The Labute approximate surface area is 266 Å². The van der Waals surface area contributed by atoms with Crippen LogP contribution in [0.15, 0.2) is 55.6 Å². The van der Waals surface area contributed by atoms with Crippen molar-refractivity contribution in [2.75, 3.05) is 19.8 Å². The van der Waals surface area contributed by atoms with E-state index in [9.17, 15) is 24.3 Å². The van der Waals surface area contributed by atoms with Crippen molar-refractivity contribution in [3.63, 3.8) is 0 Å². The standard InChI is InChI=1S/C35H49N3O7/c1-7-9-15-28(40)44-21-26(24-13-11-10-12-14-24)36-32(41)29-27-16-17-35(45-27)30(29)33(42)38(25(20-39)19-22(3)4)31(35)34(43)37(18-8-2)23(5)6/h7-8,10-14,22-23,25-27,29-31,39H,1-2,9,15-21H2,3-6H3,(H,36,41)/t25-,26+,27+,29-,30-,31+,35-/m1/s1. The number of likely N-dealkylation sites (tertiary alicyclic amines) is 1. The predicted molar refractivity (Wildman–Crippen MR) is 170 cm³/mol. The van der Waals surface area contributed by atoms with E-state index >= 15 is 0 Å². The number of ether oxygens (including phenoxy) is 2. The van der Waals surface area contributed by atoms with Crippen molar-refractivity contribution in [2.24, 2.45) is 17.8 Å². The maximum absolute atomic E-state index is 14.5. The van der Waals surface area contributed by atoms with E-state index in [1.165, 1.54) is 4.90 Å². The van der Waals surface area contributed by atoms with Gasteiger partial charge in [0.15, 0.2) is 0 Å². The summed E-state index contributed by atoms with van der Waals surface area (Å²) in [6.07, 6.45) is 4.88. The Bertz CT molecular complexity index is 1250. The number of nitrogens with one attached hydrogen (secondary N) is 1. The lowest BCUT2D eigenvalue weighted by Crippen LogP contribution is -2.60. The molecule has 0 aromatic heterocycles. The lowest BCUT2D eigenvalue weighted by molar-refractivity contribution is -0.152. The zero-order valence-electron chi connectivity index (χ0n) is 27.0. The number of benzene rings is 1. The number of allylic oxidation sites excluding steroid dienone is 1. The summed E-state index contributed by atoms with van der Waals surface area (Å²) in [6, 6.07) is 6.82. The second-order valence-corrected chi connectivity index (χ2v) is 13.1. The minimum atomic E-state index is -1.20. The molecule has 246 valence electrons. The van der Waals surface area contributed by atoms with Crippen LogP contribution in [0.1, 0.15) is 71.4 Å². The van der Waals surface area contributed by atoms with Crippen LogP contribution in [0.25, 0.3) is 0 Å². The summed E-state index contributed by atoms with van der Waals surface area (Å²) in [5, 5.41) is 13.6. The number of hydrogen-bond donors (Lipinski definition) is 2. The van der Waals surface area contributed by atoms with Crippen LogP contribution in [0.4, 0.5) is 0 Å². The smallest absolute Gasteiger partial charge is 0.306 e. The summed E-state index contributed by atoms with van der Waals surface area (Å²) in [4.78, 5) is 58.6. The van der Waals surface area contributed by atoms with Gasteiger partial charge < -0.3 is 29.7 Å². The number of hydrogen-bond acceptors (Lipinski definition) is 7. The van der Waals surface area contributed by atoms with Crippen molar-refractivity contribution in [1.82, 2.24) is 15.1 Å². The molecule has 0 unspecified atom stereocenters. The Balaban J connectivity index is 1.68. The van der Waals surface area contributed by atoms with Crippen molar-refractivity contribution >= 4 is 23.7 Å². The molecule has 1 spiro atoms. The first kappa shape index (κ1) is 34.4. The normalized spacial score (nSPS) is 26.5. The van der Waals surface area contributed by atoms with Crippen molar-refractivity contribution in [1.29, 1.82) is 0 Å². The molecule has 10 nitrogen and oxygen atoms in total. The molecule has 2 N–H and O–H groups in total. The van der Waals surface area contributed by atoms with Gasteiger partial charge in [-0.15, -0.1) is 13.2 Å². The third-order valence-electron chi connectivity index (χ3n) is 9.34. The fourth-order valence-corrected chi connectivity index (χ4v) is 7.38. The second-order valence-electron chi connectivity index (χ2n) is 13.1. The molecule has 10 heteroatoms. The maximum atomic E-state index is 14.5. The second kappa shape index (κ2) is 14.7. The van der Waals surface area contributed by atoms with E-state index in [1.54, 1.807) is 17.1 Å². The topological polar surface area (TPSA) is 125 Å². The third kappa shape index (κ3) is 6.87. The Hall–Kier alpha value is -3.50. The van der Waals surface area contributed by atoms with Gasteiger partial charge in [-0.05, 0) is 51.0 Å². The minimum Gasteiger partial charge on any atom is -0.463 e. The van der Waals surface area contributed by atoms with Gasteiger partial charge in [0.25, 0.3) is 0 Å².